The molecule has 1 aromatic carbocycles. The van der Waals surface area contributed by atoms with Crippen LogP contribution in [0.15, 0.2) is 30.5 Å². The van der Waals surface area contributed by atoms with E-state index in [1.165, 1.54) is 5.39 Å². The third-order valence-electron chi connectivity index (χ3n) is 3.82. The number of anilines is 1. The van der Waals surface area contributed by atoms with Crippen LogP contribution in [-0.2, 0) is 0 Å². The fraction of sp³-hybridized carbons (Fsp3) is 0.400. The van der Waals surface area contributed by atoms with Gasteiger partial charge in [0.05, 0.1) is 0 Å². The normalized spacial score (nSPS) is 17.1. The number of benzene rings is 1. The predicted molar refractivity (Wildman–Crippen MR) is 81.1 cm³/mol. The average molecular weight is 276 g/mol. The van der Waals surface area contributed by atoms with E-state index in [4.69, 9.17) is 11.6 Å². The van der Waals surface area contributed by atoms with E-state index in [9.17, 15) is 0 Å². The lowest BCUT2D eigenvalue weighted by atomic mass is 10.1. The molecule has 1 saturated heterocycles. The number of hydrogen-bond acceptors (Lipinski definition) is 3. The Kier molecular flexibility index (Phi) is 3.58. The van der Waals surface area contributed by atoms with Crippen molar-refractivity contribution in [1.82, 2.24) is 9.88 Å². The monoisotopic (exact) mass is 275 g/mol. The van der Waals surface area contributed by atoms with Crippen LogP contribution in [0.3, 0.4) is 0 Å². The molecule has 0 aliphatic carbocycles. The first kappa shape index (κ1) is 12.7. The molecule has 0 N–H and O–H groups in total. The van der Waals surface area contributed by atoms with E-state index in [1.54, 1.807) is 0 Å². The molecule has 1 aromatic heterocycles. The van der Waals surface area contributed by atoms with Gasteiger partial charge in [0.15, 0.2) is 0 Å². The van der Waals surface area contributed by atoms with Crippen LogP contribution in [0.2, 0.25) is 5.02 Å². The molecular formula is C15H18ClN3. The highest BCUT2D eigenvalue weighted by Gasteiger charge is 2.18. The molecule has 1 aliphatic heterocycles. The highest BCUT2D eigenvalue weighted by Crippen LogP contribution is 2.27. The van der Waals surface area contributed by atoms with E-state index >= 15 is 0 Å². The molecule has 3 nitrogen and oxygen atoms in total. The molecule has 100 valence electrons. The second kappa shape index (κ2) is 5.35. The number of halogens is 1. The van der Waals surface area contributed by atoms with Gasteiger partial charge in [-0.15, -0.1) is 0 Å². The predicted octanol–water partition coefficient (Wildman–Crippen LogP) is 3.03. The van der Waals surface area contributed by atoms with Gasteiger partial charge in [-0.05, 0) is 36.2 Å². The Morgan fingerprint density at radius 3 is 2.68 bits per heavy atom. The summed E-state index contributed by atoms with van der Waals surface area (Å²) in [6, 6.07) is 8.04. The van der Waals surface area contributed by atoms with Crippen molar-refractivity contribution in [2.24, 2.45) is 0 Å². The summed E-state index contributed by atoms with van der Waals surface area (Å²) in [5, 5.41) is 3.13. The highest BCUT2D eigenvalue weighted by molar-refractivity contribution is 6.31. The quantitative estimate of drug-likeness (QED) is 0.840. The summed E-state index contributed by atoms with van der Waals surface area (Å²) in [6.45, 7) is 7.66. The summed E-state index contributed by atoms with van der Waals surface area (Å²) in [7, 11) is 0. The number of pyridine rings is 1. The largest absolute Gasteiger partial charge is 0.354 e. The van der Waals surface area contributed by atoms with Crippen molar-refractivity contribution in [3.05, 3.63) is 35.5 Å². The lowest BCUT2D eigenvalue weighted by Crippen LogP contribution is -2.46. The van der Waals surface area contributed by atoms with Crippen LogP contribution in [-0.4, -0.2) is 42.6 Å². The maximum Gasteiger partial charge on any atom is 0.136 e. The molecule has 0 radical (unpaired) electrons. The summed E-state index contributed by atoms with van der Waals surface area (Å²) in [5.41, 5.74) is 0. The van der Waals surface area contributed by atoms with Crippen molar-refractivity contribution in [1.29, 1.82) is 0 Å². The molecule has 0 unspecified atom stereocenters. The molecule has 3 rings (SSSR count). The number of aromatic nitrogens is 1. The summed E-state index contributed by atoms with van der Waals surface area (Å²) in [6.07, 6.45) is 1.88. The Morgan fingerprint density at radius 1 is 1.16 bits per heavy atom. The number of piperazine rings is 1. The lowest BCUT2D eigenvalue weighted by molar-refractivity contribution is 0.271. The van der Waals surface area contributed by atoms with Crippen LogP contribution >= 0.6 is 11.6 Å². The van der Waals surface area contributed by atoms with Crippen molar-refractivity contribution >= 4 is 28.2 Å². The third-order valence-corrected chi connectivity index (χ3v) is 4.06. The SMILES string of the molecule is CCN1CCN(c2nccc3cc(Cl)ccc23)CC1. The Bertz CT molecular complexity index is 577. The van der Waals surface area contributed by atoms with E-state index < -0.39 is 0 Å². The van der Waals surface area contributed by atoms with Crippen LogP contribution in [0.1, 0.15) is 6.92 Å². The fourth-order valence-electron chi connectivity index (χ4n) is 2.66. The molecule has 0 spiro atoms. The molecule has 1 fully saturated rings. The molecule has 4 heteroatoms. The van der Waals surface area contributed by atoms with Crippen molar-refractivity contribution in [3.8, 4) is 0 Å². The van der Waals surface area contributed by atoms with Crippen LogP contribution in [0.25, 0.3) is 10.8 Å². The van der Waals surface area contributed by atoms with Crippen LogP contribution in [0, 0.1) is 0 Å². The van der Waals surface area contributed by atoms with E-state index in [0.29, 0.717) is 0 Å². The molecule has 2 heterocycles. The molecular weight excluding hydrogens is 258 g/mol. The molecule has 0 saturated carbocycles. The van der Waals surface area contributed by atoms with Gasteiger partial charge in [0.25, 0.3) is 0 Å². The van der Waals surface area contributed by atoms with E-state index in [-0.39, 0.29) is 0 Å². The average Bonchev–Trinajstić information content (AvgIpc) is 2.46. The number of likely N-dealkylation sites (N-methyl/N-ethyl adjacent to an activating group) is 1. The minimum absolute atomic E-state index is 0.778. The highest BCUT2D eigenvalue weighted by atomic mass is 35.5. The van der Waals surface area contributed by atoms with Gasteiger partial charge in [-0.3, -0.25) is 0 Å². The van der Waals surface area contributed by atoms with Crippen LogP contribution in [0.4, 0.5) is 5.82 Å². The fourth-order valence-corrected chi connectivity index (χ4v) is 2.84. The summed E-state index contributed by atoms with van der Waals surface area (Å²) >= 11 is 6.05. The summed E-state index contributed by atoms with van der Waals surface area (Å²) < 4.78 is 0. The lowest BCUT2D eigenvalue weighted by Gasteiger charge is -2.35. The van der Waals surface area contributed by atoms with Gasteiger partial charge in [-0.25, -0.2) is 4.98 Å². The first-order valence-corrected chi connectivity index (χ1v) is 7.17. The van der Waals surface area contributed by atoms with Gasteiger partial charge in [-0.2, -0.15) is 0 Å². The van der Waals surface area contributed by atoms with Gasteiger partial charge in [0, 0.05) is 42.8 Å². The van der Waals surface area contributed by atoms with Crippen LogP contribution < -0.4 is 4.90 Å². The molecule has 0 bridgehead atoms. The van der Waals surface area contributed by atoms with Gasteiger partial charge < -0.3 is 9.80 Å². The smallest absolute Gasteiger partial charge is 0.136 e. The number of hydrogen-bond donors (Lipinski definition) is 0. The maximum absolute atomic E-state index is 6.05. The van der Waals surface area contributed by atoms with Gasteiger partial charge >= 0.3 is 0 Å². The summed E-state index contributed by atoms with van der Waals surface area (Å²) in [5.74, 6) is 1.09. The van der Waals surface area contributed by atoms with Gasteiger partial charge in [0.2, 0.25) is 0 Å². The van der Waals surface area contributed by atoms with E-state index in [1.807, 2.05) is 24.4 Å². The van der Waals surface area contributed by atoms with Gasteiger partial charge in [-0.1, -0.05) is 18.5 Å². The minimum atomic E-state index is 0.778. The van der Waals surface area contributed by atoms with Crippen molar-refractivity contribution in [2.45, 2.75) is 6.92 Å². The van der Waals surface area contributed by atoms with Crippen molar-refractivity contribution < 1.29 is 0 Å². The zero-order valence-electron chi connectivity index (χ0n) is 11.1. The van der Waals surface area contributed by atoms with E-state index in [0.717, 1.165) is 49.0 Å². The number of rotatable bonds is 2. The topological polar surface area (TPSA) is 19.4 Å². The minimum Gasteiger partial charge on any atom is -0.354 e. The van der Waals surface area contributed by atoms with Gasteiger partial charge in [0.1, 0.15) is 5.82 Å². The number of nitrogens with zero attached hydrogens (tertiary/aromatic N) is 3. The molecule has 1 aliphatic rings. The first-order chi connectivity index (χ1) is 9.28. The Morgan fingerprint density at radius 2 is 1.95 bits per heavy atom. The van der Waals surface area contributed by atoms with Crippen molar-refractivity contribution in [3.63, 3.8) is 0 Å². The van der Waals surface area contributed by atoms with Crippen LogP contribution in [0.5, 0.6) is 0 Å². The summed E-state index contributed by atoms with van der Waals surface area (Å²) in [4.78, 5) is 9.42. The standard InChI is InChI=1S/C15H18ClN3/c1-2-18-7-9-19(10-8-18)15-14-4-3-13(16)11-12(14)5-6-17-15/h3-6,11H,2,7-10H2,1H3. The molecule has 0 amide bonds. The Hall–Kier alpha value is -1.32. The maximum atomic E-state index is 6.05. The molecule has 0 atom stereocenters. The van der Waals surface area contributed by atoms with E-state index in [2.05, 4.69) is 27.8 Å². The Labute approximate surface area is 118 Å². The third kappa shape index (κ3) is 2.53. The second-order valence-electron chi connectivity index (χ2n) is 4.92. The zero-order chi connectivity index (χ0) is 13.2. The Balaban J connectivity index is 1.93. The first-order valence-electron chi connectivity index (χ1n) is 6.79. The second-order valence-corrected chi connectivity index (χ2v) is 5.36. The zero-order valence-corrected chi connectivity index (χ0v) is 11.9. The van der Waals surface area contributed by atoms with Crippen molar-refractivity contribution in [2.75, 3.05) is 37.6 Å². The number of fused-ring (bicyclic) bond motifs is 1. The molecule has 2 aromatic rings. The molecule has 19 heavy (non-hydrogen) atoms.